The van der Waals surface area contributed by atoms with Gasteiger partial charge in [0.1, 0.15) is 6.26 Å². The number of hydrogen-bond acceptors (Lipinski definition) is 4. The molecule has 1 aromatic heterocycles. The molecule has 1 heterocycles. The Bertz CT molecular complexity index is 321. The first-order valence-corrected chi connectivity index (χ1v) is 4.95. The molecule has 0 aliphatic rings. The van der Waals surface area contributed by atoms with E-state index in [9.17, 15) is 4.79 Å². The van der Waals surface area contributed by atoms with Crippen LogP contribution >= 0.6 is 0 Å². The fourth-order valence-corrected chi connectivity index (χ4v) is 1.21. The second kappa shape index (κ2) is 5.38. The Morgan fingerprint density at radius 2 is 2.47 bits per heavy atom. The molecule has 0 aliphatic carbocycles. The van der Waals surface area contributed by atoms with Crippen LogP contribution in [0.5, 0.6) is 6.08 Å². The van der Waals surface area contributed by atoms with Crippen molar-refractivity contribution in [1.82, 2.24) is 4.98 Å². The normalized spacial score (nSPS) is 12.4. The number of carboxylic acids is 1. The zero-order valence-corrected chi connectivity index (χ0v) is 8.90. The van der Waals surface area contributed by atoms with E-state index in [1.165, 1.54) is 0 Å². The van der Waals surface area contributed by atoms with E-state index < -0.39 is 5.97 Å². The van der Waals surface area contributed by atoms with E-state index in [1.807, 2.05) is 0 Å². The fourth-order valence-electron chi connectivity index (χ4n) is 1.21. The van der Waals surface area contributed by atoms with Gasteiger partial charge in [0.15, 0.2) is 5.69 Å². The van der Waals surface area contributed by atoms with E-state index in [0.717, 1.165) is 19.1 Å². The predicted octanol–water partition coefficient (Wildman–Crippen LogP) is 2.19. The zero-order valence-electron chi connectivity index (χ0n) is 8.90. The lowest BCUT2D eigenvalue weighted by Gasteiger charge is -2.08. The molecule has 0 saturated carbocycles. The summed E-state index contributed by atoms with van der Waals surface area (Å²) in [6, 6.07) is 0. The Morgan fingerprint density at radius 3 is 3.00 bits per heavy atom. The first kappa shape index (κ1) is 11.6. The first-order valence-electron chi connectivity index (χ1n) is 4.95. The van der Waals surface area contributed by atoms with Gasteiger partial charge in [0.25, 0.3) is 0 Å². The summed E-state index contributed by atoms with van der Waals surface area (Å²) < 4.78 is 10.1. The molecule has 15 heavy (non-hydrogen) atoms. The van der Waals surface area contributed by atoms with Crippen LogP contribution in [-0.2, 0) is 0 Å². The molecule has 0 saturated heterocycles. The smallest absolute Gasteiger partial charge is 0.394 e. The van der Waals surface area contributed by atoms with Gasteiger partial charge in [0.05, 0.1) is 6.61 Å². The zero-order chi connectivity index (χ0) is 11.3. The summed E-state index contributed by atoms with van der Waals surface area (Å²) in [6.45, 7) is 4.65. The monoisotopic (exact) mass is 213 g/mol. The number of carboxylic acid groups (broad SMARTS) is 1. The minimum absolute atomic E-state index is 0.0235. The molecule has 1 rings (SSSR count). The van der Waals surface area contributed by atoms with Crippen LogP contribution in [0.3, 0.4) is 0 Å². The maximum atomic E-state index is 10.5. The summed E-state index contributed by atoms with van der Waals surface area (Å²) in [7, 11) is 0. The molecule has 5 nitrogen and oxygen atoms in total. The lowest BCUT2D eigenvalue weighted by atomic mass is 10.1. The highest BCUT2D eigenvalue weighted by Gasteiger charge is 2.12. The van der Waals surface area contributed by atoms with Crippen molar-refractivity contribution in [3.63, 3.8) is 0 Å². The van der Waals surface area contributed by atoms with Crippen LogP contribution in [0.4, 0.5) is 0 Å². The lowest BCUT2D eigenvalue weighted by molar-refractivity contribution is 0.0690. The summed E-state index contributed by atoms with van der Waals surface area (Å²) >= 11 is 0. The highest BCUT2D eigenvalue weighted by Crippen LogP contribution is 2.12. The third-order valence-corrected chi connectivity index (χ3v) is 1.98. The van der Waals surface area contributed by atoms with Crippen LogP contribution < -0.4 is 4.74 Å². The van der Waals surface area contributed by atoms with Crippen molar-refractivity contribution in [2.45, 2.75) is 26.7 Å². The summed E-state index contributed by atoms with van der Waals surface area (Å²) in [4.78, 5) is 14.1. The molecule has 1 N–H and O–H groups in total. The first-order chi connectivity index (χ1) is 7.13. The van der Waals surface area contributed by atoms with Gasteiger partial charge in [0, 0.05) is 0 Å². The molecular weight excluding hydrogens is 198 g/mol. The Kier molecular flexibility index (Phi) is 4.15. The maximum Gasteiger partial charge on any atom is 0.394 e. The molecule has 0 aromatic carbocycles. The number of carbonyl (C=O) groups is 1. The predicted molar refractivity (Wildman–Crippen MR) is 53.0 cm³/mol. The SMILES string of the molecule is CCCC(C)COc1nc(C(=O)O)co1. The van der Waals surface area contributed by atoms with Crippen LogP contribution in [0, 0.1) is 5.92 Å². The van der Waals surface area contributed by atoms with Gasteiger partial charge in [-0.15, -0.1) is 0 Å². The minimum atomic E-state index is -1.12. The number of aromatic nitrogens is 1. The van der Waals surface area contributed by atoms with Crippen molar-refractivity contribution in [3.8, 4) is 6.08 Å². The van der Waals surface area contributed by atoms with Crippen LogP contribution in [0.15, 0.2) is 10.7 Å². The molecule has 0 amide bonds. The summed E-state index contributed by atoms with van der Waals surface area (Å²) in [5.41, 5.74) is -0.131. The van der Waals surface area contributed by atoms with Crippen molar-refractivity contribution >= 4 is 5.97 Å². The molecule has 5 heteroatoms. The quantitative estimate of drug-likeness (QED) is 0.784. The molecule has 0 radical (unpaired) electrons. The highest BCUT2D eigenvalue weighted by molar-refractivity contribution is 5.84. The van der Waals surface area contributed by atoms with Crippen molar-refractivity contribution in [2.24, 2.45) is 5.92 Å². The Hall–Kier alpha value is -1.52. The van der Waals surface area contributed by atoms with Gasteiger partial charge >= 0.3 is 12.0 Å². The molecule has 0 bridgehead atoms. The van der Waals surface area contributed by atoms with Gasteiger partial charge < -0.3 is 14.3 Å². The van der Waals surface area contributed by atoms with Gasteiger partial charge in [0.2, 0.25) is 0 Å². The number of aromatic carboxylic acids is 1. The largest absolute Gasteiger partial charge is 0.476 e. The van der Waals surface area contributed by atoms with E-state index >= 15 is 0 Å². The average Bonchev–Trinajstić information content (AvgIpc) is 2.63. The van der Waals surface area contributed by atoms with E-state index in [2.05, 4.69) is 18.8 Å². The van der Waals surface area contributed by atoms with Gasteiger partial charge in [-0.05, 0) is 12.3 Å². The van der Waals surface area contributed by atoms with Gasteiger partial charge in [-0.2, -0.15) is 4.98 Å². The van der Waals surface area contributed by atoms with Crippen molar-refractivity contribution in [2.75, 3.05) is 6.61 Å². The molecule has 84 valence electrons. The maximum absolute atomic E-state index is 10.5. The molecule has 0 aliphatic heterocycles. The lowest BCUT2D eigenvalue weighted by Crippen LogP contribution is -2.08. The van der Waals surface area contributed by atoms with Crippen molar-refractivity contribution in [1.29, 1.82) is 0 Å². The number of ether oxygens (including phenoxy) is 1. The Balaban J connectivity index is 2.40. The molecule has 1 unspecified atom stereocenters. The van der Waals surface area contributed by atoms with Crippen LogP contribution in [-0.4, -0.2) is 22.7 Å². The van der Waals surface area contributed by atoms with Crippen LogP contribution in [0.2, 0.25) is 0 Å². The molecule has 1 aromatic rings. The number of hydrogen-bond donors (Lipinski definition) is 1. The van der Waals surface area contributed by atoms with E-state index in [4.69, 9.17) is 14.3 Å². The molecular formula is C10H15NO4. The minimum Gasteiger partial charge on any atom is -0.476 e. The fraction of sp³-hybridized carbons (Fsp3) is 0.600. The summed E-state index contributed by atoms with van der Waals surface area (Å²) in [5, 5.41) is 8.58. The number of oxazole rings is 1. The highest BCUT2D eigenvalue weighted by atomic mass is 16.6. The van der Waals surface area contributed by atoms with Gasteiger partial charge in [-0.1, -0.05) is 20.3 Å². The molecule has 0 fully saturated rings. The van der Waals surface area contributed by atoms with E-state index in [1.54, 1.807) is 0 Å². The molecule has 0 spiro atoms. The Morgan fingerprint density at radius 1 is 1.73 bits per heavy atom. The van der Waals surface area contributed by atoms with Crippen LogP contribution in [0.1, 0.15) is 37.2 Å². The van der Waals surface area contributed by atoms with Crippen LogP contribution in [0.25, 0.3) is 0 Å². The topological polar surface area (TPSA) is 72.6 Å². The van der Waals surface area contributed by atoms with Gasteiger partial charge in [-0.3, -0.25) is 0 Å². The summed E-state index contributed by atoms with van der Waals surface area (Å²) in [6.07, 6.45) is 3.25. The number of rotatable bonds is 6. The molecule has 1 atom stereocenters. The van der Waals surface area contributed by atoms with Crippen molar-refractivity contribution < 1.29 is 19.1 Å². The van der Waals surface area contributed by atoms with Gasteiger partial charge in [-0.25, -0.2) is 4.79 Å². The second-order valence-corrected chi connectivity index (χ2v) is 3.51. The standard InChI is InChI=1S/C10H15NO4/c1-3-4-7(2)5-14-10-11-8(6-15-10)9(12)13/h6-7H,3-5H2,1-2H3,(H,12,13). The summed E-state index contributed by atoms with van der Waals surface area (Å²) in [5.74, 6) is -0.703. The van der Waals surface area contributed by atoms with Crippen molar-refractivity contribution in [3.05, 3.63) is 12.0 Å². The third kappa shape index (κ3) is 3.61. The second-order valence-electron chi connectivity index (χ2n) is 3.51. The van der Waals surface area contributed by atoms with E-state index in [0.29, 0.717) is 12.5 Å². The third-order valence-electron chi connectivity index (χ3n) is 1.98. The number of nitrogens with zero attached hydrogens (tertiary/aromatic N) is 1. The van der Waals surface area contributed by atoms with E-state index in [-0.39, 0.29) is 11.8 Å². The average molecular weight is 213 g/mol. The Labute approximate surface area is 88.1 Å².